The van der Waals surface area contributed by atoms with Gasteiger partial charge in [-0.1, -0.05) is 11.3 Å². The average Bonchev–Trinajstić information content (AvgIpc) is 2.96. The van der Waals surface area contributed by atoms with E-state index in [1.54, 1.807) is 0 Å². The summed E-state index contributed by atoms with van der Waals surface area (Å²) >= 11 is 1.32. The largest absolute Gasteiger partial charge is 0.374 e. The van der Waals surface area contributed by atoms with Crippen LogP contribution in [0.3, 0.4) is 0 Å². The zero-order chi connectivity index (χ0) is 17.1. The number of nitrogens with two attached hydrogens (primary N) is 1. The van der Waals surface area contributed by atoms with Crippen LogP contribution in [0.25, 0.3) is 0 Å². The van der Waals surface area contributed by atoms with E-state index in [0.29, 0.717) is 35.8 Å². The monoisotopic (exact) mass is 349 g/mol. The number of fused-ring (bicyclic) bond motifs is 1. The Morgan fingerprint density at radius 3 is 3.04 bits per heavy atom. The number of aromatic nitrogens is 2. The molecule has 1 aromatic heterocycles. The van der Waals surface area contributed by atoms with Crippen molar-refractivity contribution in [3.05, 3.63) is 34.6 Å². The molecule has 1 aromatic carbocycles. The number of hydrogen-bond acceptors (Lipinski definition) is 6. The van der Waals surface area contributed by atoms with Gasteiger partial charge in [-0.3, -0.25) is 9.59 Å². The van der Waals surface area contributed by atoms with Crippen LogP contribution in [0.15, 0.2) is 18.2 Å². The van der Waals surface area contributed by atoms with Gasteiger partial charge < -0.3 is 16.4 Å². The zero-order valence-corrected chi connectivity index (χ0v) is 13.5. The molecule has 4 N–H and O–H groups in total. The van der Waals surface area contributed by atoms with Gasteiger partial charge in [0.15, 0.2) is 0 Å². The van der Waals surface area contributed by atoms with Gasteiger partial charge in [0.25, 0.3) is 0 Å². The number of carbonyl (C=O) groups excluding carboxylic acids is 2. The third kappa shape index (κ3) is 3.67. The first-order chi connectivity index (χ1) is 11.5. The van der Waals surface area contributed by atoms with Gasteiger partial charge in [-0.25, -0.2) is 4.39 Å². The Hall–Kier alpha value is -2.55. The Morgan fingerprint density at radius 2 is 2.29 bits per heavy atom. The lowest BCUT2D eigenvalue weighted by Crippen LogP contribution is -2.35. The molecule has 2 amide bonds. The maximum Gasteiger partial charge on any atom is 0.228 e. The van der Waals surface area contributed by atoms with Gasteiger partial charge in [-0.2, -0.15) is 0 Å². The minimum atomic E-state index is -0.679. The standard InChI is InChI=1S/C15H16FN5O2S/c16-8-3-4-11-9(6-8)10(7-12(22)19-11)14(23)18-5-1-2-13-20-21-15(17)24-13/h3-4,6,10H,1-2,5,7H2,(H2,17,21)(H,18,23)(H,19,22). The van der Waals surface area contributed by atoms with E-state index in [9.17, 15) is 14.0 Å². The highest BCUT2D eigenvalue weighted by Crippen LogP contribution is 2.32. The number of aryl methyl sites for hydroxylation is 1. The van der Waals surface area contributed by atoms with Crippen molar-refractivity contribution in [2.45, 2.75) is 25.2 Å². The third-order valence-corrected chi connectivity index (χ3v) is 4.53. The molecule has 1 aliphatic rings. The normalized spacial score (nSPS) is 16.4. The molecule has 0 saturated carbocycles. The van der Waals surface area contributed by atoms with Crippen LogP contribution in [0, 0.1) is 5.82 Å². The van der Waals surface area contributed by atoms with Crippen LogP contribution in [0.4, 0.5) is 15.2 Å². The van der Waals surface area contributed by atoms with Crippen LogP contribution < -0.4 is 16.4 Å². The van der Waals surface area contributed by atoms with Crippen molar-refractivity contribution in [1.82, 2.24) is 15.5 Å². The highest BCUT2D eigenvalue weighted by Gasteiger charge is 2.30. The number of amides is 2. The number of carbonyl (C=O) groups is 2. The van der Waals surface area contributed by atoms with E-state index in [1.807, 2.05) is 0 Å². The summed E-state index contributed by atoms with van der Waals surface area (Å²) in [5.41, 5.74) is 6.49. The molecule has 0 bridgehead atoms. The van der Waals surface area contributed by atoms with Crippen LogP contribution in [-0.4, -0.2) is 28.6 Å². The van der Waals surface area contributed by atoms with Crippen molar-refractivity contribution in [2.24, 2.45) is 0 Å². The summed E-state index contributed by atoms with van der Waals surface area (Å²) in [4.78, 5) is 24.1. The van der Waals surface area contributed by atoms with Crippen LogP contribution in [0.2, 0.25) is 0 Å². The Bertz CT molecular complexity index is 779. The Kier molecular flexibility index (Phi) is 4.70. The van der Waals surface area contributed by atoms with Crippen LogP contribution in [0.5, 0.6) is 0 Å². The van der Waals surface area contributed by atoms with Gasteiger partial charge in [-0.15, -0.1) is 10.2 Å². The molecule has 0 radical (unpaired) electrons. The van der Waals surface area contributed by atoms with Gasteiger partial charge in [0.1, 0.15) is 10.8 Å². The van der Waals surface area contributed by atoms with Gasteiger partial charge in [0.2, 0.25) is 16.9 Å². The fourth-order valence-corrected chi connectivity index (χ4v) is 3.26. The van der Waals surface area contributed by atoms with E-state index < -0.39 is 11.7 Å². The zero-order valence-electron chi connectivity index (χ0n) is 12.7. The lowest BCUT2D eigenvalue weighted by Gasteiger charge is -2.24. The molecule has 2 heterocycles. The molecule has 7 nitrogen and oxygen atoms in total. The lowest BCUT2D eigenvalue weighted by atomic mass is 9.89. The van der Waals surface area contributed by atoms with Crippen LogP contribution in [-0.2, 0) is 16.0 Å². The summed E-state index contributed by atoms with van der Waals surface area (Å²) in [7, 11) is 0. The number of rotatable bonds is 5. The second-order valence-electron chi connectivity index (χ2n) is 5.47. The van der Waals surface area contributed by atoms with E-state index in [1.165, 1.54) is 29.5 Å². The van der Waals surface area contributed by atoms with E-state index in [4.69, 9.17) is 5.73 Å². The molecule has 24 heavy (non-hydrogen) atoms. The van der Waals surface area contributed by atoms with E-state index >= 15 is 0 Å². The number of anilines is 2. The second-order valence-corrected chi connectivity index (χ2v) is 6.56. The fraction of sp³-hybridized carbons (Fsp3) is 0.333. The van der Waals surface area contributed by atoms with Crippen LogP contribution in [0.1, 0.15) is 29.3 Å². The number of nitrogens with one attached hydrogen (secondary N) is 2. The Morgan fingerprint density at radius 1 is 1.46 bits per heavy atom. The second kappa shape index (κ2) is 6.91. The Balaban J connectivity index is 1.59. The van der Waals surface area contributed by atoms with Gasteiger partial charge in [0, 0.05) is 25.1 Å². The molecule has 3 rings (SSSR count). The molecule has 0 fully saturated rings. The minimum Gasteiger partial charge on any atom is -0.374 e. The number of benzene rings is 1. The third-order valence-electron chi connectivity index (χ3n) is 3.72. The smallest absolute Gasteiger partial charge is 0.228 e. The first-order valence-electron chi connectivity index (χ1n) is 7.48. The van der Waals surface area contributed by atoms with E-state index in [0.717, 1.165) is 5.01 Å². The molecule has 0 aliphatic carbocycles. The van der Waals surface area contributed by atoms with Crippen molar-refractivity contribution in [3.63, 3.8) is 0 Å². The van der Waals surface area contributed by atoms with Crippen molar-refractivity contribution in [1.29, 1.82) is 0 Å². The molecule has 0 spiro atoms. The number of nitrogens with zero attached hydrogens (tertiary/aromatic N) is 2. The minimum absolute atomic E-state index is 0.00915. The van der Waals surface area contributed by atoms with Gasteiger partial charge in [-0.05, 0) is 30.2 Å². The van der Waals surface area contributed by atoms with Gasteiger partial charge >= 0.3 is 0 Å². The number of nitrogen functional groups attached to an aromatic ring is 1. The molecule has 126 valence electrons. The van der Waals surface area contributed by atoms with Crippen molar-refractivity contribution in [2.75, 3.05) is 17.6 Å². The number of hydrogen-bond donors (Lipinski definition) is 3. The van der Waals surface area contributed by atoms with E-state index in [-0.39, 0.29) is 18.2 Å². The molecule has 1 aliphatic heterocycles. The average molecular weight is 349 g/mol. The molecule has 9 heteroatoms. The molecule has 1 atom stereocenters. The summed E-state index contributed by atoms with van der Waals surface area (Å²) in [6, 6.07) is 4.03. The van der Waals surface area contributed by atoms with Crippen LogP contribution >= 0.6 is 11.3 Å². The quantitative estimate of drug-likeness (QED) is 0.708. The highest BCUT2D eigenvalue weighted by molar-refractivity contribution is 7.15. The van der Waals surface area contributed by atoms with Crippen molar-refractivity contribution in [3.8, 4) is 0 Å². The molecule has 0 saturated heterocycles. The molecule has 1 unspecified atom stereocenters. The molecular weight excluding hydrogens is 333 g/mol. The first-order valence-corrected chi connectivity index (χ1v) is 8.29. The van der Waals surface area contributed by atoms with Crippen molar-refractivity contribution >= 4 is 34.0 Å². The lowest BCUT2D eigenvalue weighted by molar-refractivity contribution is -0.126. The summed E-state index contributed by atoms with van der Waals surface area (Å²) < 4.78 is 13.5. The van der Waals surface area contributed by atoms with E-state index in [2.05, 4.69) is 20.8 Å². The molecule has 2 aromatic rings. The SMILES string of the molecule is Nc1nnc(CCCNC(=O)C2CC(=O)Nc3ccc(F)cc32)s1. The Labute approximate surface area is 141 Å². The van der Waals surface area contributed by atoms with Crippen molar-refractivity contribution < 1.29 is 14.0 Å². The number of halogens is 1. The predicted molar refractivity (Wildman–Crippen MR) is 88.0 cm³/mol. The fourth-order valence-electron chi connectivity index (χ4n) is 2.61. The summed E-state index contributed by atoms with van der Waals surface area (Å²) in [6.45, 7) is 0.432. The predicted octanol–water partition coefficient (Wildman–Crippen LogP) is 1.43. The molecular formula is C15H16FN5O2S. The van der Waals surface area contributed by atoms with Gasteiger partial charge in [0.05, 0.1) is 5.92 Å². The topological polar surface area (TPSA) is 110 Å². The first kappa shape index (κ1) is 16.3. The summed E-state index contributed by atoms with van der Waals surface area (Å²) in [5.74, 6) is -1.65. The summed E-state index contributed by atoms with van der Waals surface area (Å²) in [6.07, 6.45) is 1.34. The maximum atomic E-state index is 13.5. The maximum absolute atomic E-state index is 13.5. The highest BCUT2D eigenvalue weighted by atomic mass is 32.1. The summed E-state index contributed by atoms with van der Waals surface area (Å²) in [5, 5.41) is 14.3.